The van der Waals surface area contributed by atoms with Crippen molar-refractivity contribution in [1.29, 1.82) is 0 Å². The lowest BCUT2D eigenvalue weighted by Crippen LogP contribution is -2.10. The predicted octanol–water partition coefficient (Wildman–Crippen LogP) is 17.1. The number of terminal acetylenes is 2. The molecule has 474 valence electrons. The van der Waals surface area contributed by atoms with E-state index in [2.05, 4.69) is 110 Å². The second kappa shape index (κ2) is 59.3. The average Bonchev–Trinajstić information content (AvgIpc) is 3.55. The van der Waals surface area contributed by atoms with Gasteiger partial charge in [-0.05, 0) is 146 Å². The Morgan fingerprint density at radius 3 is 1.07 bits per heavy atom. The molecule has 87 heavy (non-hydrogen) atoms. The summed E-state index contributed by atoms with van der Waals surface area (Å²) >= 11 is 0. The van der Waals surface area contributed by atoms with Gasteiger partial charge in [0.15, 0.2) is 13.2 Å². The van der Waals surface area contributed by atoms with Crippen molar-refractivity contribution >= 4 is 54.0 Å². The summed E-state index contributed by atoms with van der Waals surface area (Å²) in [6.45, 7) is 31.4. The van der Waals surface area contributed by atoms with Crippen molar-refractivity contribution in [3.05, 3.63) is 186 Å². The maximum absolute atomic E-state index is 11.3. The third-order valence-electron chi connectivity index (χ3n) is 11.1. The Hall–Kier alpha value is -8.48. The summed E-state index contributed by atoms with van der Waals surface area (Å²) < 4.78 is 29.1. The molecule has 0 fully saturated rings. The molecule has 0 aliphatic carbocycles. The molecule has 0 aliphatic heterocycles. The van der Waals surface area contributed by atoms with Crippen LogP contribution in [0.1, 0.15) is 163 Å². The van der Waals surface area contributed by atoms with Gasteiger partial charge in [0.25, 0.3) is 0 Å². The molecular weight excluding hydrogens is 1090 g/mol. The SMILES string of the molecule is C#CCOC(=O)/C=C/c1ccccc1.C#CCOC(=O)CC(C)CCC=C(C)C.C=CCOC(=O)/C=C/c1ccccc1.C=CCOC(=O)CC(C)CCC=C(C)C.CCCOC(=O)/C=C/c1ccccc1.CCCOC(=O)CC(C)CCC=C(C)C. The Bertz CT molecular complexity index is 2590. The van der Waals surface area contributed by atoms with Crippen molar-refractivity contribution in [2.24, 2.45) is 17.8 Å². The summed E-state index contributed by atoms with van der Waals surface area (Å²) in [6.07, 6.45) is 38.5. The first-order valence-corrected chi connectivity index (χ1v) is 29.8. The van der Waals surface area contributed by atoms with Crippen molar-refractivity contribution in [3.63, 3.8) is 0 Å². The van der Waals surface area contributed by atoms with E-state index in [1.54, 1.807) is 24.3 Å². The predicted molar refractivity (Wildman–Crippen MR) is 358 cm³/mol. The standard InChI is InChI=1S/C13H24O2.C13H22O2.C13H20O2.C12H14O2.C12H12O2.C12H10O2/c3*1-5-9-15-13(14)10-12(4)8-6-7-11(2)3;3*1-2-10-14-12(13)9-8-11-6-4-3-5-7-11/h7,12H,5-6,8-10H2,1-4H3;5,7,12H,1,6,8-10H2,2-4H3;1,7,12H,6,8-10H2,2-4H3;3-9H,2,10H2,1H3;2-9H,1,10H2;1,3-9H,10H2/b;;;3*9-8+. The van der Waals surface area contributed by atoms with Gasteiger partial charge in [0.2, 0.25) is 0 Å². The molecule has 0 spiro atoms. The molecule has 12 nitrogen and oxygen atoms in total. The van der Waals surface area contributed by atoms with Gasteiger partial charge >= 0.3 is 35.8 Å². The number of hydrogen-bond acceptors (Lipinski definition) is 12. The van der Waals surface area contributed by atoms with E-state index >= 15 is 0 Å². The minimum atomic E-state index is -0.424. The zero-order chi connectivity index (χ0) is 65.7. The number of rotatable bonds is 31. The molecule has 3 aromatic rings. The first kappa shape index (κ1) is 82.7. The monoisotopic (exact) mass is 1190 g/mol. The lowest BCUT2D eigenvalue weighted by atomic mass is 10.0. The van der Waals surface area contributed by atoms with Gasteiger partial charge in [-0.25, -0.2) is 14.4 Å². The molecule has 3 unspecified atom stereocenters. The van der Waals surface area contributed by atoms with Crippen LogP contribution in [0.25, 0.3) is 18.2 Å². The summed E-state index contributed by atoms with van der Waals surface area (Å²) in [5, 5.41) is 0. The van der Waals surface area contributed by atoms with Crippen LogP contribution < -0.4 is 0 Å². The first-order valence-electron chi connectivity index (χ1n) is 29.8. The third-order valence-corrected chi connectivity index (χ3v) is 11.1. The zero-order valence-electron chi connectivity index (χ0n) is 54.2. The average molecular weight is 1200 g/mol. The van der Waals surface area contributed by atoms with Gasteiger partial charge in [0, 0.05) is 37.5 Å². The maximum Gasteiger partial charge on any atom is 0.331 e. The van der Waals surface area contributed by atoms with E-state index in [0.717, 1.165) is 68.1 Å². The summed E-state index contributed by atoms with van der Waals surface area (Å²) in [7, 11) is 0. The fourth-order valence-corrected chi connectivity index (χ4v) is 6.58. The smallest absolute Gasteiger partial charge is 0.331 e. The molecule has 0 heterocycles. The van der Waals surface area contributed by atoms with E-state index in [0.29, 0.717) is 56.8 Å². The van der Waals surface area contributed by atoms with Crippen LogP contribution >= 0.6 is 0 Å². The van der Waals surface area contributed by atoms with Crippen LogP contribution in [0.2, 0.25) is 0 Å². The normalized spacial score (nSPS) is 10.9. The lowest BCUT2D eigenvalue weighted by molar-refractivity contribution is -0.145. The highest BCUT2D eigenvalue weighted by atomic mass is 16.5. The van der Waals surface area contributed by atoms with Crippen molar-refractivity contribution in [1.82, 2.24) is 0 Å². The molecule has 0 bridgehead atoms. The molecule has 0 saturated heterocycles. The number of ether oxygens (including phenoxy) is 6. The Labute approximate surface area is 524 Å². The quantitative estimate of drug-likeness (QED) is 0.0198. The number of hydrogen-bond donors (Lipinski definition) is 0. The molecule has 0 aromatic heterocycles. The zero-order valence-corrected chi connectivity index (χ0v) is 54.2. The summed E-state index contributed by atoms with van der Waals surface area (Å²) in [4.78, 5) is 66.7. The summed E-state index contributed by atoms with van der Waals surface area (Å²) in [5.74, 6) is 4.22. The fourth-order valence-electron chi connectivity index (χ4n) is 6.58. The number of benzene rings is 3. The molecule has 3 aromatic carbocycles. The molecular formula is C75H102O12. The van der Waals surface area contributed by atoms with Crippen molar-refractivity contribution in [2.45, 2.75) is 147 Å². The van der Waals surface area contributed by atoms with Gasteiger partial charge in [0.1, 0.15) is 13.2 Å². The van der Waals surface area contributed by atoms with Crippen LogP contribution in [0, 0.1) is 42.4 Å². The molecule has 0 amide bonds. The van der Waals surface area contributed by atoms with Crippen LogP contribution in [-0.4, -0.2) is 75.5 Å². The molecule has 0 radical (unpaired) electrons. The van der Waals surface area contributed by atoms with Crippen LogP contribution in [0.3, 0.4) is 0 Å². The minimum absolute atomic E-state index is 0.0119. The fraction of sp³-hybridized carbons (Fsp3) is 0.413. The van der Waals surface area contributed by atoms with E-state index in [9.17, 15) is 28.8 Å². The van der Waals surface area contributed by atoms with E-state index < -0.39 is 5.97 Å². The topological polar surface area (TPSA) is 158 Å². The molecule has 0 N–H and O–H groups in total. The van der Waals surface area contributed by atoms with Crippen LogP contribution in [0.4, 0.5) is 0 Å². The van der Waals surface area contributed by atoms with E-state index in [4.69, 9.17) is 36.5 Å². The Morgan fingerprint density at radius 2 is 0.736 bits per heavy atom. The molecule has 12 heteroatoms. The van der Waals surface area contributed by atoms with E-state index in [1.165, 1.54) is 41.0 Å². The molecule has 0 saturated carbocycles. The highest BCUT2D eigenvalue weighted by molar-refractivity contribution is 5.88. The lowest BCUT2D eigenvalue weighted by Gasteiger charge is -2.09. The van der Waals surface area contributed by atoms with Gasteiger partial charge in [-0.3, -0.25) is 14.4 Å². The molecule has 3 rings (SSSR count). The van der Waals surface area contributed by atoms with Crippen molar-refractivity contribution < 1.29 is 57.2 Å². The first-order chi connectivity index (χ1) is 41.7. The minimum Gasteiger partial charge on any atom is -0.466 e. The highest BCUT2D eigenvalue weighted by Crippen LogP contribution is 2.15. The van der Waals surface area contributed by atoms with Gasteiger partial charge < -0.3 is 28.4 Å². The van der Waals surface area contributed by atoms with Crippen molar-refractivity contribution in [2.75, 3.05) is 39.6 Å². The highest BCUT2D eigenvalue weighted by Gasteiger charge is 2.11. The van der Waals surface area contributed by atoms with E-state index in [1.807, 2.05) is 105 Å². The van der Waals surface area contributed by atoms with Gasteiger partial charge in [-0.1, -0.05) is 198 Å². The maximum atomic E-state index is 11.3. The third kappa shape index (κ3) is 61.9. The largest absolute Gasteiger partial charge is 0.466 e. The Kier molecular flexibility index (Phi) is 56.4. The van der Waals surface area contributed by atoms with Crippen LogP contribution in [0.15, 0.2) is 169 Å². The number of carbonyl (C=O) groups is 6. The Morgan fingerprint density at radius 1 is 0.437 bits per heavy atom. The number of carbonyl (C=O) groups excluding carboxylic acids is 6. The number of allylic oxidation sites excluding steroid dienone is 6. The van der Waals surface area contributed by atoms with Gasteiger partial charge in [-0.2, -0.15) is 0 Å². The van der Waals surface area contributed by atoms with E-state index in [-0.39, 0.29) is 49.7 Å². The summed E-state index contributed by atoms with van der Waals surface area (Å²) in [6, 6.07) is 28.7. The van der Waals surface area contributed by atoms with Crippen molar-refractivity contribution in [3.8, 4) is 24.7 Å². The summed E-state index contributed by atoms with van der Waals surface area (Å²) in [5.41, 5.74) is 6.92. The molecule has 3 atom stereocenters. The number of esters is 6. The molecule has 0 aliphatic rings. The second-order valence-corrected chi connectivity index (χ2v) is 20.7. The van der Waals surface area contributed by atoms with Crippen LogP contribution in [0.5, 0.6) is 0 Å². The van der Waals surface area contributed by atoms with Crippen LogP contribution in [-0.2, 0) is 57.2 Å². The second-order valence-electron chi connectivity index (χ2n) is 20.7. The van der Waals surface area contributed by atoms with Gasteiger partial charge in [0.05, 0.1) is 13.2 Å². The van der Waals surface area contributed by atoms with Gasteiger partial charge in [-0.15, -0.1) is 12.8 Å². The Balaban J connectivity index is -0.000000973.